The van der Waals surface area contributed by atoms with E-state index in [1.54, 1.807) is 12.1 Å². The van der Waals surface area contributed by atoms with Gasteiger partial charge in [-0.3, -0.25) is 0 Å². The Balaban J connectivity index is 2.05. The van der Waals surface area contributed by atoms with Crippen LogP contribution in [0.2, 0.25) is 30.7 Å². The number of halogens is 1. The molecule has 7 nitrogen and oxygen atoms in total. The molecule has 1 aliphatic heterocycles. The second kappa shape index (κ2) is 12.7. The molecule has 4 N–H and O–H groups in total. The molecule has 9 heteroatoms. The molecule has 1 heterocycles. The summed E-state index contributed by atoms with van der Waals surface area (Å²) in [7, 11) is 0.0528. The van der Waals surface area contributed by atoms with Crippen molar-refractivity contribution in [2.75, 3.05) is 20.3 Å². The van der Waals surface area contributed by atoms with E-state index in [0.717, 1.165) is 23.6 Å². The van der Waals surface area contributed by atoms with Crippen molar-refractivity contribution >= 4 is 19.7 Å². The molecule has 37 heavy (non-hydrogen) atoms. The van der Waals surface area contributed by atoms with Gasteiger partial charge in [-0.05, 0) is 53.3 Å². The van der Waals surface area contributed by atoms with Crippen molar-refractivity contribution in [1.29, 1.82) is 0 Å². The van der Waals surface area contributed by atoms with E-state index in [-0.39, 0.29) is 6.61 Å². The Morgan fingerprint density at radius 1 is 1.00 bits per heavy atom. The smallest absolute Gasteiger partial charge is 0.225 e. The lowest BCUT2D eigenvalue weighted by molar-refractivity contribution is -0.366. The van der Waals surface area contributed by atoms with Crippen molar-refractivity contribution in [1.82, 2.24) is 0 Å². The number of ether oxygens (including phenoxy) is 3. The van der Waals surface area contributed by atoms with Crippen LogP contribution in [0.3, 0.4) is 0 Å². The van der Waals surface area contributed by atoms with Gasteiger partial charge in [0.15, 0.2) is 0 Å². The Morgan fingerprint density at radius 2 is 1.65 bits per heavy atom. The number of aliphatic hydroxyl groups is 4. The summed E-state index contributed by atoms with van der Waals surface area (Å²) in [6.07, 6.45) is -4.41. The second-order valence-electron chi connectivity index (χ2n) is 10.9. The topological polar surface area (TPSA) is 109 Å². The highest BCUT2D eigenvalue weighted by molar-refractivity contribution is 6.76. The molecule has 0 bridgehead atoms. The fourth-order valence-corrected chi connectivity index (χ4v) is 5.56. The highest BCUT2D eigenvalue weighted by atomic mass is 35.5. The van der Waals surface area contributed by atoms with Crippen molar-refractivity contribution in [2.24, 2.45) is 0 Å². The highest BCUT2D eigenvalue weighted by Crippen LogP contribution is 2.42. The molecule has 206 valence electrons. The number of benzene rings is 2. The maximum atomic E-state index is 11.1. The van der Waals surface area contributed by atoms with Gasteiger partial charge in [0, 0.05) is 32.4 Å². The van der Waals surface area contributed by atoms with Gasteiger partial charge in [-0.1, -0.05) is 62.4 Å². The van der Waals surface area contributed by atoms with Gasteiger partial charge < -0.3 is 34.6 Å². The summed E-state index contributed by atoms with van der Waals surface area (Å²) < 4.78 is 17.8. The normalized spacial score (nSPS) is 26.4. The van der Waals surface area contributed by atoms with Gasteiger partial charge in [0.25, 0.3) is 0 Å². The second-order valence-corrected chi connectivity index (χ2v) is 17.0. The molecule has 0 radical (unpaired) electrons. The van der Waals surface area contributed by atoms with Gasteiger partial charge in [0.1, 0.15) is 24.4 Å². The van der Waals surface area contributed by atoms with Crippen LogP contribution in [0.25, 0.3) is 0 Å². The first-order chi connectivity index (χ1) is 17.5. The minimum absolute atomic E-state index is 0.189. The van der Waals surface area contributed by atoms with E-state index in [1.807, 2.05) is 0 Å². The Labute approximate surface area is 226 Å². The highest BCUT2D eigenvalue weighted by Gasteiger charge is 2.56. The lowest BCUT2D eigenvalue weighted by Crippen LogP contribution is -2.64. The molecule has 0 amide bonds. The summed E-state index contributed by atoms with van der Waals surface area (Å²) in [5, 5.41) is 42.5. The number of aliphatic hydroxyl groups excluding tert-OH is 4. The lowest BCUT2D eigenvalue weighted by atomic mass is 9.84. The standard InChI is InChI=1S/C28H41ClO7Si/c1-6-18-7-9-19(10-8-18)13-20-14-22(21(15-23(20)29)17-35-11-12-37(3,4)5)28(34-2)27(33)26(32)25(31)24(16-30)36-28/h7-10,14-15,24-27,30-33H,6,11-13,16-17H2,1-5H3/t24-,25-,26+,27-,28?/m1/s1. The Kier molecular flexibility index (Phi) is 10.4. The summed E-state index contributed by atoms with van der Waals surface area (Å²) >= 11 is 6.74. The van der Waals surface area contributed by atoms with Crippen LogP contribution in [0.15, 0.2) is 36.4 Å². The van der Waals surface area contributed by atoms with Gasteiger partial charge in [0.2, 0.25) is 5.79 Å². The fraction of sp³-hybridized carbons (Fsp3) is 0.571. The quantitative estimate of drug-likeness (QED) is 0.249. The number of hydrogen-bond donors (Lipinski definition) is 4. The van der Waals surface area contributed by atoms with Crippen LogP contribution in [0, 0.1) is 0 Å². The molecule has 0 spiro atoms. The van der Waals surface area contributed by atoms with E-state index in [4.69, 9.17) is 25.8 Å². The molecule has 1 aliphatic rings. The maximum Gasteiger partial charge on any atom is 0.225 e. The van der Waals surface area contributed by atoms with Crippen LogP contribution in [0.4, 0.5) is 0 Å². The van der Waals surface area contributed by atoms with Crippen LogP contribution in [0.1, 0.15) is 34.7 Å². The summed E-state index contributed by atoms with van der Waals surface area (Å²) in [6, 6.07) is 12.8. The molecule has 1 fully saturated rings. The van der Waals surface area contributed by atoms with Crippen LogP contribution >= 0.6 is 11.6 Å². The third kappa shape index (κ3) is 7.01. The van der Waals surface area contributed by atoms with Gasteiger partial charge in [-0.25, -0.2) is 0 Å². The largest absolute Gasteiger partial charge is 0.394 e. The van der Waals surface area contributed by atoms with Crippen LogP contribution in [-0.2, 0) is 39.4 Å². The number of rotatable bonds is 11. The summed E-state index contributed by atoms with van der Waals surface area (Å²) in [5.74, 6) is -1.85. The molecule has 3 rings (SSSR count). The first-order valence-corrected chi connectivity index (χ1v) is 16.9. The molecule has 2 aromatic rings. The van der Waals surface area contributed by atoms with Crippen LogP contribution in [0.5, 0.6) is 0 Å². The van der Waals surface area contributed by atoms with Crippen molar-refractivity contribution in [3.63, 3.8) is 0 Å². The van der Waals surface area contributed by atoms with Crippen molar-refractivity contribution < 1.29 is 34.6 Å². The zero-order chi connectivity index (χ0) is 27.4. The van der Waals surface area contributed by atoms with E-state index in [1.165, 1.54) is 12.7 Å². The summed E-state index contributed by atoms with van der Waals surface area (Å²) in [5.41, 5.74) is 4.14. The van der Waals surface area contributed by atoms with Crippen LogP contribution in [-0.4, -0.2) is 73.2 Å². The zero-order valence-corrected chi connectivity index (χ0v) is 24.2. The molecule has 1 unspecified atom stereocenters. The molecule has 0 aliphatic carbocycles. The van der Waals surface area contributed by atoms with E-state index in [0.29, 0.717) is 29.2 Å². The molecule has 2 aromatic carbocycles. The van der Waals surface area contributed by atoms with Gasteiger partial charge in [0.05, 0.1) is 13.2 Å². The minimum atomic E-state index is -1.85. The number of hydrogen-bond acceptors (Lipinski definition) is 7. The number of methoxy groups -OCH3 is 1. The first kappa shape index (κ1) is 30.2. The predicted molar refractivity (Wildman–Crippen MR) is 147 cm³/mol. The zero-order valence-electron chi connectivity index (χ0n) is 22.4. The summed E-state index contributed by atoms with van der Waals surface area (Å²) in [4.78, 5) is 0. The Hall–Kier alpha value is -1.33. The van der Waals surface area contributed by atoms with Gasteiger partial charge in [-0.15, -0.1) is 0 Å². The predicted octanol–water partition coefficient (Wildman–Crippen LogP) is 3.62. The average Bonchev–Trinajstić information content (AvgIpc) is 2.87. The molecular formula is C28H41ClO7Si. The fourth-order valence-electron chi connectivity index (χ4n) is 4.55. The maximum absolute atomic E-state index is 11.1. The molecule has 1 saturated heterocycles. The van der Waals surface area contributed by atoms with Crippen molar-refractivity contribution in [3.05, 3.63) is 69.2 Å². The first-order valence-electron chi connectivity index (χ1n) is 12.8. The number of aryl methyl sites for hydroxylation is 1. The molecule has 0 saturated carbocycles. The molecule has 0 aromatic heterocycles. The third-order valence-corrected chi connectivity index (χ3v) is 9.04. The van der Waals surface area contributed by atoms with Gasteiger partial charge >= 0.3 is 0 Å². The molecular weight excluding hydrogens is 512 g/mol. The Bertz CT molecular complexity index is 1020. The summed E-state index contributed by atoms with van der Waals surface area (Å²) in [6.45, 7) is 9.11. The van der Waals surface area contributed by atoms with E-state index < -0.39 is 44.9 Å². The van der Waals surface area contributed by atoms with E-state index >= 15 is 0 Å². The third-order valence-electron chi connectivity index (χ3n) is 6.98. The lowest BCUT2D eigenvalue weighted by Gasteiger charge is -2.48. The van der Waals surface area contributed by atoms with E-state index in [2.05, 4.69) is 50.8 Å². The van der Waals surface area contributed by atoms with E-state index in [9.17, 15) is 20.4 Å². The van der Waals surface area contributed by atoms with Gasteiger partial charge in [-0.2, -0.15) is 0 Å². The monoisotopic (exact) mass is 552 g/mol. The Morgan fingerprint density at radius 3 is 2.22 bits per heavy atom. The minimum Gasteiger partial charge on any atom is -0.394 e. The van der Waals surface area contributed by atoms with Crippen molar-refractivity contribution in [2.45, 2.75) is 82.3 Å². The van der Waals surface area contributed by atoms with Crippen LogP contribution < -0.4 is 0 Å². The SMILES string of the molecule is CCc1ccc(Cc2cc(C3(OC)O[C@H](CO)[C@@H](O)[C@H](O)[C@H]3O)c(COCC[Si](C)(C)C)cc2Cl)cc1. The molecule has 5 atom stereocenters. The van der Waals surface area contributed by atoms with Crippen molar-refractivity contribution in [3.8, 4) is 0 Å². The average molecular weight is 553 g/mol.